The first-order valence-electron chi connectivity index (χ1n) is 6.21. The predicted octanol–water partition coefficient (Wildman–Crippen LogP) is 1.92. The molecule has 2 rings (SSSR count). The van der Waals surface area contributed by atoms with Crippen molar-refractivity contribution in [2.45, 2.75) is 38.1 Å². The largest absolute Gasteiger partial charge is 0.459 e. The van der Waals surface area contributed by atoms with Gasteiger partial charge in [0, 0.05) is 6.54 Å². The number of hydrogen-bond donors (Lipinski definition) is 2. The Morgan fingerprint density at radius 1 is 1.71 bits per heavy atom. The molecule has 4 heteroatoms. The van der Waals surface area contributed by atoms with Crippen molar-refractivity contribution in [3.8, 4) is 0 Å². The van der Waals surface area contributed by atoms with Crippen LogP contribution in [0.25, 0.3) is 0 Å². The minimum Gasteiger partial charge on any atom is -0.459 e. The average Bonchev–Trinajstić information content (AvgIpc) is 2.82. The molecule has 17 heavy (non-hydrogen) atoms. The van der Waals surface area contributed by atoms with Crippen LogP contribution in [0.5, 0.6) is 0 Å². The van der Waals surface area contributed by atoms with E-state index >= 15 is 0 Å². The fourth-order valence-corrected chi connectivity index (χ4v) is 2.72. The van der Waals surface area contributed by atoms with Crippen molar-refractivity contribution in [1.82, 2.24) is 5.32 Å². The molecule has 0 bridgehead atoms. The van der Waals surface area contributed by atoms with Gasteiger partial charge in [-0.25, -0.2) is 0 Å². The van der Waals surface area contributed by atoms with Crippen LogP contribution in [-0.4, -0.2) is 18.0 Å². The molecule has 3 N–H and O–H groups in total. The predicted molar refractivity (Wildman–Crippen MR) is 65.6 cm³/mol. The van der Waals surface area contributed by atoms with Crippen molar-refractivity contribution < 1.29 is 9.21 Å². The summed E-state index contributed by atoms with van der Waals surface area (Å²) in [6.45, 7) is 2.70. The molecule has 0 aliphatic heterocycles. The van der Waals surface area contributed by atoms with Crippen LogP contribution < -0.4 is 11.1 Å². The summed E-state index contributed by atoms with van der Waals surface area (Å²) in [7, 11) is 0. The number of carbonyl (C=O) groups excluding carboxylic acids is 1. The summed E-state index contributed by atoms with van der Waals surface area (Å²) in [5.41, 5.74) is 5.61. The molecule has 0 radical (unpaired) electrons. The Labute approximate surface area is 102 Å². The molecule has 1 fully saturated rings. The Bertz CT molecular complexity index is 375. The molecule has 1 aromatic heterocycles. The lowest BCUT2D eigenvalue weighted by molar-refractivity contribution is 0.0825. The molecule has 4 nitrogen and oxygen atoms in total. The third-order valence-electron chi connectivity index (χ3n) is 3.61. The number of nitrogens with one attached hydrogen (secondary N) is 1. The smallest absolute Gasteiger partial charge is 0.287 e. The van der Waals surface area contributed by atoms with E-state index in [1.165, 1.54) is 12.7 Å². The molecule has 0 spiro atoms. The third kappa shape index (κ3) is 2.69. The second kappa shape index (κ2) is 4.92. The van der Waals surface area contributed by atoms with Gasteiger partial charge < -0.3 is 15.5 Å². The van der Waals surface area contributed by atoms with Gasteiger partial charge in [-0.15, -0.1) is 0 Å². The maximum Gasteiger partial charge on any atom is 0.287 e. The highest BCUT2D eigenvalue weighted by Crippen LogP contribution is 2.31. The van der Waals surface area contributed by atoms with Gasteiger partial charge in [-0.1, -0.05) is 19.8 Å². The van der Waals surface area contributed by atoms with Gasteiger partial charge in [0.25, 0.3) is 5.91 Å². The maximum absolute atomic E-state index is 12.0. The van der Waals surface area contributed by atoms with E-state index in [1.807, 2.05) is 0 Å². The summed E-state index contributed by atoms with van der Waals surface area (Å²) in [4.78, 5) is 12.0. The standard InChI is InChI=1S/C13H20N2O2/c1-10-4-2-6-13(8-10,9-14)15-12(16)11-5-3-7-17-11/h3,5,7,10H,2,4,6,8-9,14H2,1H3,(H,15,16). The highest BCUT2D eigenvalue weighted by molar-refractivity contribution is 5.91. The fourth-order valence-electron chi connectivity index (χ4n) is 2.72. The van der Waals surface area contributed by atoms with Gasteiger partial charge in [-0.3, -0.25) is 4.79 Å². The first-order chi connectivity index (χ1) is 8.15. The zero-order valence-electron chi connectivity index (χ0n) is 10.2. The molecular weight excluding hydrogens is 216 g/mol. The molecule has 1 saturated carbocycles. The lowest BCUT2D eigenvalue weighted by Crippen LogP contribution is -2.55. The van der Waals surface area contributed by atoms with Crippen molar-refractivity contribution >= 4 is 5.91 Å². The molecule has 1 aromatic rings. The summed E-state index contributed by atoms with van der Waals surface area (Å²) < 4.78 is 5.10. The Morgan fingerprint density at radius 3 is 3.12 bits per heavy atom. The van der Waals surface area contributed by atoms with Crippen molar-refractivity contribution in [3.63, 3.8) is 0 Å². The van der Waals surface area contributed by atoms with Crippen LogP contribution in [0.4, 0.5) is 0 Å². The summed E-state index contributed by atoms with van der Waals surface area (Å²) in [6.07, 6.45) is 5.76. The molecule has 94 valence electrons. The Balaban J connectivity index is 2.06. The Hall–Kier alpha value is -1.29. The summed E-state index contributed by atoms with van der Waals surface area (Å²) in [5.74, 6) is 0.815. The first kappa shape index (κ1) is 12.2. The molecule has 2 atom stereocenters. The van der Waals surface area contributed by atoms with E-state index in [0.717, 1.165) is 19.3 Å². The normalized spacial score (nSPS) is 28.9. The molecule has 1 aliphatic carbocycles. The van der Waals surface area contributed by atoms with E-state index < -0.39 is 0 Å². The van der Waals surface area contributed by atoms with E-state index in [9.17, 15) is 4.79 Å². The van der Waals surface area contributed by atoms with Crippen LogP contribution in [0.2, 0.25) is 0 Å². The van der Waals surface area contributed by atoms with Crippen molar-refractivity contribution in [2.75, 3.05) is 6.54 Å². The first-order valence-corrected chi connectivity index (χ1v) is 6.21. The molecule has 0 aromatic carbocycles. The van der Waals surface area contributed by atoms with Gasteiger partial charge in [0.1, 0.15) is 0 Å². The van der Waals surface area contributed by atoms with Crippen LogP contribution in [-0.2, 0) is 0 Å². The highest BCUT2D eigenvalue weighted by atomic mass is 16.3. The fraction of sp³-hybridized carbons (Fsp3) is 0.615. The summed E-state index contributed by atoms with van der Waals surface area (Å²) in [6, 6.07) is 3.39. The van der Waals surface area contributed by atoms with Gasteiger partial charge >= 0.3 is 0 Å². The van der Waals surface area contributed by atoms with Crippen molar-refractivity contribution in [2.24, 2.45) is 11.7 Å². The second-order valence-electron chi connectivity index (χ2n) is 5.12. The third-order valence-corrected chi connectivity index (χ3v) is 3.61. The summed E-state index contributed by atoms with van der Waals surface area (Å²) >= 11 is 0. The number of hydrogen-bond acceptors (Lipinski definition) is 3. The van der Waals surface area contributed by atoms with E-state index in [-0.39, 0.29) is 11.4 Å². The number of amides is 1. The van der Waals surface area contributed by atoms with Crippen LogP contribution >= 0.6 is 0 Å². The van der Waals surface area contributed by atoms with Crippen LogP contribution in [0.3, 0.4) is 0 Å². The van der Waals surface area contributed by atoms with Crippen LogP contribution in [0.1, 0.15) is 43.2 Å². The number of nitrogens with two attached hydrogens (primary N) is 1. The van der Waals surface area contributed by atoms with Gasteiger partial charge in [0.2, 0.25) is 0 Å². The zero-order chi connectivity index (χ0) is 12.3. The molecule has 1 amide bonds. The average molecular weight is 236 g/mol. The lowest BCUT2D eigenvalue weighted by atomic mass is 9.76. The van der Waals surface area contributed by atoms with E-state index in [4.69, 9.17) is 10.2 Å². The molecule has 2 unspecified atom stereocenters. The Morgan fingerprint density at radius 2 is 2.53 bits per heavy atom. The monoisotopic (exact) mass is 236 g/mol. The van der Waals surface area contributed by atoms with Gasteiger partial charge in [0.15, 0.2) is 5.76 Å². The molecular formula is C13H20N2O2. The molecule has 1 aliphatic rings. The number of furan rings is 1. The SMILES string of the molecule is CC1CCCC(CN)(NC(=O)c2ccco2)C1. The number of carbonyl (C=O) groups is 1. The van der Waals surface area contributed by atoms with Gasteiger partial charge in [0.05, 0.1) is 11.8 Å². The van der Waals surface area contributed by atoms with Crippen molar-refractivity contribution in [3.05, 3.63) is 24.2 Å². The zero-order valence-corrected chi connectivity index (χ0v) is 10.2. The lowest BCUT2D eigenvalue weighted by Gasteiger charge is -2.39. The molecule has 0 saturated heterocycles. The second-order valence-corrected chi connectivity index (χ2v) is 5.12. The maximum atomic E-state index is 12.0. The van der Waals surface area contributed by atoms with Crippen LogP contribution in [0, 0.1) is 5.92 Å². The molecule has 1 heterocycles. The topological polar surface area (TPSA) is 68.3 Å². The van der Waals surface area contributed by atoms with Crippen molar-refractivity contribution in [1.29, 1.82) is 0 Å². The van der Waals surface area contributed by atoms with E-state index in [0.29, 0.717) is 18.2 Å². The minimum absolute atomic E-state index is 0.158. The minimum atomic E-state index is -0.248. The van der Waals surface area contributed by atoms with Crippen LogP contribution in [0.15, 0.2) is 22.8 Å². The quantitative estimate of drug-likeness (QED) is 0.842. The Kier molecular flexibility index (Phi) is 3.52. The van der Waals surface area contributed by atoms with Gasteiger partial charge in [-0.2, -0.15) is 0 Å². The highest BCUT2D eigenvalue weighted by Gasteiger charge is 2.35. The summed E-state index contributed by atoms with van der Waals surface area (Å²) in [5, 5.41) is 3.06. The van der Waals surface area contributed by atoms with E-state index in [1.54, 1.807) is 12.1 Å². The van der Waals surface area contributed by atoms with Gasteiger partial charge in [-0.05, 0) is 30.9 Å². The van der Waals surface area contributed by atoms with E-state index in [2.05, 4.69) is 12.2 Å². The number of rotatable bonds is 3.